The second-order valence-corrected chi connectivity index (χ2v) is 4.25. The predicted molar refractivity (Wildman–Crippen MR) is 60.3 cm³/mol. The molecule has 1 aliphatic rings. The number of nitrogens with zero attached hydrogens (tertiary/aromatic N) is 2. The molecule has 1 rings (SSSR count). The molecule has 0 saturated carbocycles. The average molecular weight is 214 g/mol. The minimum atomic E-state index is -0.537. The van der Waals surface area contributed by atoms with Gasteiger partial charge in [0.25, 0.3) is 0 Å². The van der Waals surface area contributed by atoms with E-state index in [-0.39, 0.29) is 0 Å². The fourth-order valence-electron chi connectivity index (χ4n) is 2.07. The van der Waals surface area contributed by atoms with Gasteiger partial charge >= 0.3 is 0 Å². The number of hydrogen-bond donors (Lipinski definition) is 2. The summed E-state index contributed by atoms with van der Waals surface area (Å²) in [5, 5.41) is 0. The van der Waals surface area contributed by atoms with Crippen molar-refractivity contribution in [3.8, 4) is 0 Å². The van der Waals surface area contributed by atoms with Crippen molar-refractivity contribution in [3.63, 3.8) is 0 Å². The Hall–Kier alpha value is -0.650. The first-order valence-corrected chi connectivity index (χ1v) is 5.56. The van der Waals surface area contributed by atoms with Crippen LogP contribution < -0.4 is 11.5 Å². The Morgan fingerprint density at radius 1 is 1.53 bits per heavy atom. The van der Waals surface area contributed by atoms with Gasteiger partial charge < -0.3 is 11.5 Å². The predicted octanol–water partition coefficient (Wildman–Crippen LogP) is -1.17. The van der Waals surface area contributed by atoms with E-state index in [4.69, 9.17) is 11.5 Å². The van der Waals surface area contributed by atoms with E-state index in [1.807, 2.05) is 0 Å². The molecule has 0 aromatic heterocycles. The number of carbonyl (C=O) groups excluding carboxylic acids is 1. The highest BCUT2D eigenvalue weighted by atomic mass is 16.1. The quantitative estimate of drug-likeness (QED) is 0.618. The van der Waals surface area contributed by atoms with Crippen LogP contribution in [0.1, 0.15) is 13.8 Å². The minimum absolute atomic E-state index is 0.416. The van der Waals surface area contributed by atoms with Gasteiger partial charge in [-0.3, -0.25) is 14.6 Å². The zero-order valence-electron chi connectivity index (χ0n) is 9.65. The average Bonchev–Trinajstić information content (AvgIpc) is 2.18. The van der Waals surface area contributed by atoms with Crippen LogP contribution in [0.4, 0.5) is 0 Å². The van der Waals surface area contributed by atoms with Crippen molar-refractivity contribution in [1.29, 1.82) is 0 Å². The van der Waals surface area contributed by atoms with E-state index in [9.17, 15) is 4.79 Å². The number of carbonyl (C=O) groups is 1. The SMILES string of the molecule is CCN1CCN(CC(N)C(N)=O)CC1C. The first-order chi connectivity index (χ1) is 7.04. The summed E-state index contributed by atoms with van der Waals surface area (Å²) in [6, 6.07) is -0.00537. The third-order valence-electron chi connectivity index (χ3n) is 3.08. The number of likely N-dealkylation sites (N-methyl/N-ethyl adjacent to an activating group) is 1. The highest BCUT2D eigenvalue weighted by Crippen LogP contribution is 2.08. The van der Waals surface area contributed by atoms with Gasteiger partial charge in [-0.1, -0.05) is 6.92 Å². The van der Waals surface area contributed by atoms with Gasteiger partial charge in [0.15, 0.2) is 0 Å². The molecule has 4 N–H and O–H groups in total. The lowest BCUT2D eigenvalue weighted by Gasteiger charge is -2.39. The molecule has 1 amide bonds. The van der Waals surface area contributed by atoms with Gasteiger partial charge in [-0.25, -0.2) is 0 Å². The van der Waals surface area contributed by atoms with Crippen LogP contribution in [0.2, 0.25) is 0 Å². The minimum Gasteiger partial charge on any atom is -0.368 e. The van der Waals surface area contributed by atoms with Gasteiger partial charge in [0.05, 0.1) is 6.04 Å². The summed E-state index contributed by atoms with van der Waals surface area (Å²) in [6.45, 7) is 9.01. The molecule has 1 fully saturated rings. The highest BCUT2D eigenvalue weighted by Gasteiger charge is 2.24. The summed E-state index contributed by atoms with van der Waals surface area (Å²) in [6.07, 6.45) is 0. The van der Waals surface area contributed by atoms with E-state index in [0.717, 1.165) is 26.2 Å². The highest BCUT2D eigenvalue weighted by molar-refractivity contribution is 5.79. The van der Waals surface area contributed by atoms with Crippen LogP contribution in [-0.2, 0) is 4.79 Å². The number of rotatable bonds is 4. The third kappa shape index (κ3) is 3.44. The van der Waals surface area contributed by atoms with Crippen molar-refractivity contribution in [3.05, 3.63) is 0 Å². The van der Waals surface area contributed by atoms with Crippen molar-refractivity contribution in [2.75, 3.05) is 32.7 Å². The van der Waals surface area contributed by atoms with Crippen LogP contribution in [0.25, 0.3) is 0 Å². The molecule has 1 aliphatic heterocycles. The van der Waals surface area contributed by atoms with Crippen LogP contribution in [0.5, 0.6) is 0 Å². The summed E-state index contributed by atoms with van der Waals surface area (Å²) >= 11 is 0. The molecule has 88 valence electrons. The second-order valence-electron chi connectivity index (χ2n) is 4.25. The van der Waals surface area contributed by atoms with Crippen LogP contribution in [0, 0.1) is 0 Å². The Balaban J connectivity index is 2.37. The zero-order valence-corrected chi connectivity index (χ0v) is 9.65. The molecular formula is C10H22N4O. The van der Waals surface area contributed by atoms with Crippen LogP contribution in [-0.4, -0.2) is 60.5 Å². The van der Waals surface area contributed by atoms with Gasteiger partial charge in [-0.05, 0) is 13.5 Å². The van der Waals surface area contributed by atoms with Gasteiger partial charge in [0.1, 0.15) is 0 Å². The first kappa shape index (κ1) is 12.4. The second kappa shape index (κ2) is 5.44. The Labute approximate surface area is 91.4 Å². The summed E-state index contributed by atoms with van der Waals surface area (Å²) in [7, 11) is 0. The van der Waals surface area contributed by atoms with Crippen LogP contribution in [0.15, 0.2) is 0 Å². The normalized spacial score (nSPS) is 26.5. The topological polar surface area (TPSA) is 75.6 Å². The molecule has 15 heavy (non-hydrogen) atoms. The van der Waals surface area contributed by atoms with E-state index >= 15 is 0 Å². The molecule has 1 saturated heterocycles. The van der Waals surface area contributed by atoms with Crippen molar-refractivity contribution in [2.24, 2.45) is 11.5 Å². The first-order valence-electron chi connectivity index (χ1n) is 5.56. The Morgan fingerprint density at radius 3 is 2.67 bits per heavy atom. The number of amides is 1. The molecule has 0 aromatic carbocycles. The maximum absolute atomic E-state index is 10.8. The molecule has 1 heterocycles. The molecule has 0 aliphatic carbocycles. The zero-order chi connectivity index (χ0) is 11.4. The van der Waals surface area contributed by atoms with Crippen molar-refractivity contribution in [2.45, 2.75) is 25.9 Å². The van der Waals surface area contributed by atoms with Gasteiger partial charge in [-0.15, -0.1) is 0 Å². The van der Waals surface area contributed by atoms with Gasteiger partial charge in [-0.2, -0.15) is 0 Å². The van der Waals surface area contributed by atoms with Crippen molar-refractivity contribution < 1.29 is 4.79 Å². The smallest absolute Gasteiger partial charge is 0.235 e. The number of piperazine rings is 1. The lowest BCUT2D eigenvalue weighted by molar-refractivity contribution is -0.119. The summed E-state index contributed by atoms with van der Waals surface area (Å²) in [5.41, 5.74) is 10.8. The molecule has 5 heteroatoms. The van der Waals surface area contributed by atoms with Gasteiger partial charge in [0, 0.05) is 32.2 Å². The standard InChI is InChI=1S/C10H22N4O/c1-3-14-5-4-13(6-8(14)2)7-9(11)10(12)15/h8-9H,3-7,11H2,1-2H3,(H2,12,15). The fraction of sp³-hybridized carbons (Fsp3) is 0.900. The van der Waals surface area contributed by atoms with E-state index in [0.29, 0.717) is 12.6 Å². The summed E-state index contributed by atoms with van der Waals surface area (Å²) in [5.74, 6) is -0.416. The van der Waals surface area contributed by atoms with E-state index in [2.05, 4.69) is 23.6 Å². The molecule has 0 aromatic rings. The third-order valence-corrected chi connectivity index (χ3v) is 3.08. The van der Waals surface area contributed by atoms with Crippen molar-refractivity contribution >= 4 is 5.91 Å². The molecular weight excluding hydrogens is 192 g/mol. The van der Waals surface area contributed by atoms with Crippen LogP contribution >= 0.6 is 0 Å². The molecule has 0 bridgehead atoms. The summed E-state index contributed by atoms with van der Waals surface area (Å²) in [4.78, 5) is 15.5. The lowest BCUT2D eigenvalue weighted by Crippen LogP contribution is -2.55. The molecule has 0 spiro atoms. The molecule has 5 nitrogen and oxygen atoms in total. The molecule has 2 unspecified atom stereocenters. The summed E-state index contributed by atoms with van der Waals surface area (Å²) < 4.78 is 0. The number of nitrogens with two attached hydrogens (primary N) is 2. The van der Waals surface area contributed by atoms with Crippen LogP contribution in [0.3, 0.4) is 0 Å². The van der Waals surface area contributed by atoms with E-state index in [1.165, 1.54) is 0 Å². The Morgan fingerprint density at radius 2 is 2.20 bits per heavy atom. The largest absolute Gasteiger partial charge is 0.368 e. The Bertz CT molecular complexity index is 221. The maximum Gasteiger partial charge on any atom is 0.235 e. The maximum atomic E-state index is 10.8. The fourth-order valence-corrected chi connectivity index (χ4v) is 2.07. The number of hydrogen-bond acceptors (Lipinski definition) is 4. The lowest BCUT2D eigenvalue weighted by atomic mass is 10.1. The van der Waals surface area contributed by atoms with Gasteiger partial charge in [0.2, 0.25) is 5.91 Å². The number of primary amides is 1. The Kier molecular flexibility index (Phi) is 4.50. The molecule has 2 atom stereocenters. The monoisotopic (exact) mass is 214 g/mol. The molecule has 0 radical (unpaired) electrons. The van der Waals surface area contributed by atoms with Crippen molar-refractivity contribution in [1.82, 2.24) is 9.80 Å². The van der Waals surface area contributed by atoms with E-state index in [1.54, 1.807) is 0 Å². The van der Waals surface area contributed by atoms with E-state index < -0.39 is 11.9 Å².